The van der Waals surface area contributed by atoms with Crippen LogP contribution >= 0.6 is 23.2 Å². The minimum Gasteiger partial charge on any atom is -0.494 e. The Bertz CT molecular complexity index is 963. The van der Waals surface area contributed by atoms with Gasteiger partial charge in [0.1, 0.15) is 0 Å². The lowest BCUT2D eigenvalue weighted by atomic mass is 10.2. The Labute approximate surface area is 180 Å². The van der Waals surface area contributed by atoms with Crippen LogP contribution in [0.4, 0.5) is 5.69 Å². The van der Waals surface area contributed by atoms with E-state index in [-0.39, 0.29) is 20.5 Å². The molecule has 1 heterocycles. The molecule has 0 saturated carbocycles. The molecule has 9 heteroatoms. The van der Waals surface area contributed by atoms with Crippen molar-refractivity contribution in [2.45, 2.75) is 30.6 Å². The number of halogens is 2. The Morgan fingerprint density at radius 3 is 2.07 bits per heavy atom. The van der Waals surface area contributed by atoms with Gasteiger partial charge in [-0.1, -0.05) is 36.0 Å². The fourth-order valence-corrected chi connectivity index (χ4v) is 5.39. The van der Waals surface area contributed by atoms with Gasteiger partial charge < -0.3 is 10.1 Å². The number of hydrogen-bond acceptors (Lipinski definition) is 4. The van der Waals surface area contributed by atoms with Crippen molar-refractivity contribution < 1.29 is 17.9 Å². The van der Waals surface area contributed by atoms with Crippen molar-refractivity contribution >= 4 is 44.8 Å². The monoisotopic (exact) mass is 456 g/mol. The minimum absolute atomic E-state index is 0.216. The summed E-state index contributed by atoms with van der Waals surface area (Å²) in [5.74, 6) is -0.118. The van der Waals surface area contributed by atoms with Gasteiger partial charge in [0, 0.05) is 24.3 Å². The molecule has 1 aliphatic heterocycles. The highest BCUT2D eigenvalue weighted by atomic mass is 35.5. The molecule has 2 aromatic rings. The van der Waals surface area contributed by atoms with Crippen molar-refractivity contribution in [1.29, 1.82) is 0 Å². The maximum absolute atomic E-state index is 12.8. The molecule has 0 bridgehead atoms. The second-order valence-corrected chi connectivity index (χ2v) is 9.52. The van der Waals surface area contributed by atoms with Gasteiger partial charge in [-0.15, -0.1) is 0 Å². The Hall–Kier alpha value is -1.80. The van der Waals surface area contributed by atoms with E-state index in [9.17, 15) is 13.2 Å². The number of anilines is 1. The van der Waals surface area contributed by atoms with Crippen molar-refractivity contribution in [2.75, 3.05) is 25.5 Å². The summed E-state index contributed by atoms with van der Waals surface area (Å²) in [5, 5.41) is 3.16. The Balaban J connectivity index is 1.74. The number of carbonyl (C=O) groups is 1. The number of nitrogens with zero attached hydrogens (tertiary/aromatic N) is 1. The summed E-state index contributed by atoms with van der Waals surface area (Å²) in [4.78, 5) is 12.7. The lowest BCUT2D eigenvalue weighted by molar-refractivity contribution is 0.102. The third kappa shape index (κ3) is 5.04. The molecule has 3 rings (SSSR count). The Morgan fingerprint density at radius 1 is 1.00 bits per heavy atom. The molecule has 1 aliphatic rings. The zero-order valence-corrected chi connectivity index (χ0v) is 18.3. The van der Waals surface area contributed by atoms with E-state index in [4.69, 9.17) is 27.9 Å². The maximum atomic E-state index is 12.8. The van der Waals surface area contributed by atoms with Gasteiger partial charge in [-0.2, -0.15) is 4.31 Å². The van der Waals surface area contributed by atoms with Crippen LogP contribution in [-0.2, 0) is 10.0 Å². The van der Waals surface area contributed by atoms with Crippen molar-refractivity contribution in [3.63, 3.8) is 0 Å². The first-order valence-electron chi connectivity index (χ1n) is 9.27. The molecule has 0 spiro atoms. The van der Waals surface area contributed by atoms with Gasteiger partial charge in [-0.25, -0.2) is 8.42 Å². The van der Waals surface area contributed by atoms with Gasteiger partial charge in [-0.05, 0) is 49.2 Å². The van der Waals surface area contributed by atoms with E-state index in [1.807, 2.05) is 0 Å². The molecule has 0 atom stereocenters. The number of carbonyl (C=O) groups excluding carboxylic acids is 1. The van der Waals surface area contributed by atoms with E-state index < -0.39 is 15.9 Å². The second-order valence-electron chi connectivity index (χ2n) is 6.77. The Kier molecular flexibility index (Phi) is 7.05. The minimum atomic E-state index is -3.53. The molecular formula is C20H22Cl2N2O4S. The average molecular weight is 457 g/mol. The van der Waals surface area contributed by atoms with E-state index in [0.717, 1.165) is 25.7 Å². The molecule has 156 valence electrons. The zero-order chi connectivity index (χ0) is 21.0. The van der Waals surface area contributed by atoms with E-state index in [2.05, 4.69) is 5.32 Å². The number of rotatable bonds is 5. The molecule has 1 fully saturated rings. The van der Waals surface area contributed by atoms with Crippen LogP contribution in [-0.4, -0.2) is 38.8 Å². The molecule has 29 heavy (non-hydrogen) atoms. The normalized spacial score (nSPS) is 15.6. The quantitative estimate of drug-likeness (QED) is 0.699. The van der Waals surface area contributed by atoms with Gasteiger partial charge in [-0.3, -0.25) is 4.79 Å². The molecule has 1 saturated heterocycles. The predicted octanol–water partition coefficient (Wildman–Crippen LogP) is 4.82. The van der Waals surface area contributed by atoms with Gasteiger partial charge in [0.05, 0.1) is 22.1 Å². The number of hydrogen-bond donors (Lipinski definition) is 1. The molecule has 0 aromatic heterocycles. The van der Waals surface area contributed by atoms with Crippen molar-refractivity contribution in [2.24, 2.45) is 0 Å². The van der Waals surface area contributed by atoms with Crippen LogP contribution in [0.3, 0.4) is 0 Å². The molecule has 6 nitrogen and oxygen atoms in total. The molecule has 0 unspecified atom stereocenters. The molecule has 2 aromatic carbocycles. The van der Waals surface area contributed by atoms with Crippen LogP contribution < -0.4 is 10.1 Å². The smallest absolute Gasteiger partial charge is 0.255 e. The first-order chi connectivity index (χ1) is 13.8. The van der Waals surface area contributed by atoms with Crippen LogP contribution in [0.2, 0.25) is 10.0 Å². The van der Waals surface area contributed by atoms with Gasteiger partial charge in [0.2, 0.25) is 10.0 Å². The first-order valence-corrected chi connectivity index (χ1v) is 11.5. The maximum Gasteiger partial charge on any atom is 0.255 e. The topological polar surface area (TPSA) is 75.7 Å². The lowest BCUT2D eigenvalue weighted by Gasteiger charge is -2.20. The highest BCUT2D eigenvalue weighted by molar-refractivity contribution is 7.89. The second kappa shape index (κ2) is 9.34. The van der Waals surface area contributed by atoms with Crippen LogP contribution in [0.1, 0.15) is 36.0 Å². The largest absolute Gasteiger partial charge is 0.494 e. The number of ether oxygens (including phenoxy) is 1. The van der Waals surface area contributed by atoms with Crippen LogP contribution in [0.15, 0.2) is 41.3 Å². The number of nitrogens with one attached hydrogen (secondary N) is 1. The summed E-state index contributed by atoms with van der Waals surface area (Å²) in [6, 6.07) is 9.05. The fourth-order valence-electron chi connectivity index (χ4n) is 3.23. The number of amides is 1. The van der Waals surface area contributed by atoms with E-state index in [0.29, 0.717) is 24.5 Å². The lowest BCUT2D eigenvalue weighted by Crippen LogP contribution is -2.31. The standard InChI is InChI=1S/C20H22Cl2N2O4S/c1-28-19-17(21)12-14(13-18(19)22)20(25)23-15-6-8-16(9-7-15)29(26,27)24-10-4-2-3-5-11-24/h6-9,12-13H,2-5,10-11H2,1H3,(H,23,25). The number of benzene rings is 2. The van der Waals surface area contributed by atoms with Crippen LogP contribution in [0.25, 0.3) is 0 Å². The predicted molar refractivity (Wildman–Crippen MR) is 115 cm³/mol. The van der Waals surface area contributed by atoms with E-state index in [1.165, 1.54) is 35.7 Å². The molecule has 0 aliphatic carbocycles. The fraction of sp³-hybridized carbons (Fsp3) is 0.350. The summed E-state index contributed by atoms with van der Waals surface area (Å²) in [6.45, 7) is 1.08. The van der Waals surface area contributed by atoms with Crippen molar-refractivity contribution in [1.82, 2.24) is 4.31 Å². The molecule has 1 amide bonds. The van der Waals surface area contributed by atoms with Gasteiger partial charge in [0.25, 0.3) is 5.91 Å². The van der Waals surface area contributed by atoms with E-state index in [1.54, 1.807) is 12.1 Å². The van der Waals surface area contributed by atoms with Crippen molar-refractivity contribution in [3.05, 3.63) is 52.0 Å². The third-order valence-corrected chi connectivity index (χ3v) is 7.25. The number of sulfonamides is 1. The van der Waals surface area contributed by atoms with Gasteiger partial charge >= 0.3 is 0 Å². The van der Waals surface area contributed by atoms with Crippen molar-refractivity contribution in [3.8, 4) is 5.75 Å². The summed E-state index contributed by atoms with van der Waals surface area (Å²) in [6.07, 6.45) is 3.85. The average Bonchev–Trinajstić information content (AvgIpc) is 2.98. The molecule has 0 radical (unpaired) electrons. The summed E-state index contributed by atoms with van der Waals surface area (Å²) >= 11 is 12.2. The van der Waals surface area contributed by atoms with Gasteiger partial charge in [0.15, 0.2) is 5.75 Å². The number of methoxy groups -OCH3 is 1. The summed E-state index contributed by atoms with van der Waals surface area (Å²) in [7, 11) is -2.09. The third-order valence-electron chi connectivity index (χ3n) is 4.78. The molecule has 1 N–H and O–H groups in total. The summed E-state index contributed by atoms with van der Waals surface area (Å²) in [5.41, 5.74) is 0.731. The van der Waals surface area contributed by atoms with Crippen LogP contribution in [0, 0.1) is 0 Å². The summed E-state index contributed by atoms with van der Waals surface area (Å²) < 4.78 is 32.3. The highest BCUT2D eigenvalue weighted by Gasteiger charge is 2.25. The molecular weight excluding hydrogens is 435 g/mol. The van der Waals surface area contributed by atoms with E-state index >= 15 is 0 Å². The zero-order valence-electron chi connectivity index (χ0n) is 16.0. The Morgan fingerprint density at radius 2 is 1.55 bits per heavy atom. The first kappa shape index (κ1) is 21.9. The highest BCUT2D eigenvalue weighted by Crippen LogP contribution is 2.34. The SMILES string of the molecule is COc1c(Cl)cc(C(=O)Nc2ccc(S(=O)(=O)N3CCCCCC3)cc2)cc1Cl. The van der Waals surface area contributed by atoms with Crippen LogP contribution in [0.5, 0.6) is 5.75 Å².